The van der Waals surface area contributed by atoms with Crippen molar-refractivity contribution in [3.05, 3.63) is 0 Å². The van der Waals surface area contributed by atoms with Crippen LogP contribution >= 0.6 is 7.82 Å². The lowest BCUT2D eigenvalue weighted by atomic mass is 10.3. The highest BCUT2D eigenvalue weighted by Gasteiger charge is 2.58. The second kappa shape index (κ2) is 4.92. The summed E-state index contributed by atoms with van der Waals surface area (Å²) in [6.07, 6.45) is -5.87. The quantitative estimate of drug-likeness (QED) is 0.445. The summed E-state index contributed by atoms with van der Waals surface area (Å²) in [4.78, 5) is 10.9. The molecule has 4 nitrogen and oxygen atoms in total. The van der Waals surface area contributed by atoms with Crippen LogP contribution in [0.5, 0.6) is 0 Å². The van der Waals surface area contributed by atoms with E-state index < -0.39 is 34.8 Å². The van der Waals surface area contributed by atoms with Crippen LogP contribution in [0.1, 0.15) is 0 Å². The summed E-state index contributed by atoms with van der Waals surface area (Å²) in [5.74, 6) is -5.24. The van der Waals surface area contributed by atoms with E-state index in [2.05, 4.69) is 8.74 Å². The minimum Gasteiger partial charge on any atom is -0.757 e. The van der Waals surface area contributed by atoms with Crippen molar-refractivity contribution in [2.45, 2.75) is 31.7 Å². The van der Waals surface area contributed by atoms with Gasteiger partial charge in [0.2, 0.25) is 0 Å². The van der Waals surface area contributed by atoms with Crippen LogP contribution in [-0.4, -0.2) is 27.0 Å². The summed E-state index contributed by atoms with van der Waals surface area (Å²) in [6, 6.07) is 0. The van der Waals surface area contributed by atoms with Gasteiger partial charge in [0, 0.05) is 0 Å². The topological polar surface area (TPSA) is 58.6 Å². The number of alkyl halides is 5. The molecule has 0 radical (unpaired) electrons. The number of hydrogen-bond donors (Lipinski definition) is 0. The molecule has 1 unspecified atom stereocenters. The minimum atomic E-state index is -5.87. The molecular formula is C6H11F5O4PSi-. The molecule has 0 bridgehead atoms. The predicted octanol–water partition coefficient (Wildman–Crippen LogP) is 2.52. The fourth-order valence-corrected chi connectivity index (χ4v) is 3.82. The molecule has 0 aliphatic rings. The molecule has 0 aliphatic heterocycles. The Labute approximate surface area is 95.5 Å². The summed E-state index contributed by atoms with van der Waals surface area (Å²) in [5.41, 5.74) is 0. The van der Waals surface area contributed by atoms with Crippen molar-refractivity contribution in [3.63, 3.8) is 0 Å². The Balaban J connectivity index is 4.53. The smallest absolute Gasteiger partial charge is 0.455 e. The first kappa shape index (κ1) is 17.0. The molecular weight excluding hydrogens is 290 g/mol. The molecule has 0 aromatic carbocycles. The molecule has 0 saturated carbocycles. The Morgan fingerprint density at radius 3 is 1.88 bits per heavy atom. The zero-order chi connectivity index (χ0) is 14.1. The predicted molar refractivity (Wildman–Crippen MR) is 49.0 cm³/mol. The number of halogens is 5. The summed E-state index contributed by atoms with van der Waals surface area (Å²) in [6.45, 7) is 1.90. The van der Waals surface area contributed by atoms with Crippen molar-refractivity contribution < 1.29 is 40.1 Å². The van der Waals surface area contributed by atoms with Gasteiger partial charge in [0.25, 0.3) is 7.82 Å². The van der Waals surface area contributed by atoms with E-state index >= 15 is 0 Å². The van der Waals surface area contributed by atoms with Crippen molar-refractivity contribution in [1.82, 2.24) is 0 Å². The van der Waals surface area contributed by atoms with Crippen LogP contribution in [0.15, 0.2) is 0 Å². The molecule has 104 valence electrons. The van der Waals surface area contributed by atoms with Gasteiger partial charge in [0.05, 0.1) is 0 Å². The zero-order valence-electron chi connectivity index (χ0n) is 9.18. The van der Waals surface area contributed by atoms with Crippen LogP contribution in [-0.2, 0) is 13.3 Å². The van der Waals surface area contributed by atoms with Gasteiger partial charge in [-0.15, -0.1) is 0 Å². The maximum absolute atomic E-state index is 12.3. The fraction of sp³-hybridized carbons (Fsp3) is 1.00. The second-order valence-corrected chi connectivity index (χ2v) is 10.2. The van der Waals surface area contributed by atoms with Crippen LogP contribution in [0.3, 0.4) is 0 Å². The minimum absolute atomic E-state index is 1.41. The molecule has 0 aromatic heterocycles. The van der Waals surface area contributed by atoms with Gasteiger partial charge in [0.15, 0.2) is 8.32 Å². The first-order valence-electron chi connectivity index (χ1n) is 4.27. The molecule has 0 N–H and O–H groups in total. The third-order valence-corrected chi connectivity index (χ3v) is 4.73. The molecule has 0 amide bonds. The second-order valence-electron chi connectivity index (χ2n) is 4.13. The molecule has 11 heteroatoms. The Kier molecular flexibility index (Phi) is 4.92. The van der Waals surface area contributed by atoms with Gasteiger partial charge in [-0.05, 0) is 19.6 Å². The zero-order valence-corrected chi connectivity index (χ0v) is 11.1. The van der Waals surface area contributed by atoms with Crippen molar-refractivity contribution in [2.75, 3.05) is 6.61 Å². The lowest BCUT2D eigenvalue weighted by molar-refractivity contribution is -0.297. The third-order valence-electron chi connectivity index (χ3n) is 1.20. The molecule has 0 aliphatic carbocycles. The number of hydrogen-bond acceptors (Lipinski definition) is 4. The average molecular weight is 301 g/mol. The largest absolute Gasteiger partial charge is 0.757 e. The molecule has 0 fully saturated rings. The van der Waals surface area contributed by atoms with E-state index in [9.17, 15) is 31.4 Å². The van der Waals surface area contributed by atoms with E-state index in [1.54, 1.807) is 0 Å². The molecule has 0 rings (SSSR count). The highest BCUT2D eigenvalue weighted by molar-refractivity contribution is 7.47. The molecule has 1 atom stereocenters. The van der Waals surface area contributed by atoms with Crippen LogP contribution < -0.4 is 4.89 Å². The standard InChI is InChI=1S/C6H12F5O4PSi/c1-17(2,3)15-16(12,13)14-4-5(7,8)6(9,10)11/h4H2,1-3H3,(H,12,13)/p-1. The Morgan fingerprint density at radius 2 is 1.59 bits per heavy atom. The Hall–Kier alpha value is -0.0231. The van der Waals surface area contributed by atoms with Gasteiger partial charge in [-0.1, -0.05) is 0 Å². The Bertz CT molecular complexity index is 313. The number of phosphoric ester groups is 1. The molecule has 0 heterocycles. The van der Waals surface area contributed by atoms with E-state index in [0.717, 1.165) is 0 Å². The third kappa shape index (κ3) is 6.46. The fourth-order valence-electron chi connectivity index (χ4n) is 0.604. The van der Waals surface area contributed by atoms with Crippen LogP contribution in [0.4, 0.5) is 22.0 Å². The van der Waals surface area contributed by atoms with Crippen molar-refractivity contribution in [1.29, 1.82) is 0 Å². The highest BCUT2D eigenvalue weighted by atomic mass is 31.2. The van der Waals surface area contributed by atoms with Gasteiger partial charge < -0.3 is 13.6 Å². The SMILES string of the molecule is C[Si](C)(C)OP(=O)([O-])OCC(F)(F)C(F)(F)F. The first-order chi connectivity index (χ1) is 7.16. The number of rotatable bonds is 5. The van der Waals surface area contributed by atoms with E-state index in [0.29, 0.717) is 0 Å². The maximum atomic E-state index is 12.3. The monoisotopic (exact) mass is 301 g/mol. The highest BCUT2D eigenvalue weighted by Crippen LogP contribution is 2.45. The van der Waals surface area contributed by atoms with Gasteiger partial charge in [-0.25, -0.2) is 0 Å². The molecule has 0 aromatic rings. The number of phosphoric acid groups is 1. The molecule has 0 spiro atoms. The van der Waals surface area contributed by atoms with E-state index in [4.69, 9.17) is 0 Å². The average Bonchev–Trinajstić information content (AvgIpc) is 1.94. The molecule has 17 heavy (non-hydrogen) atoms. The lowest BCUT2D eigenvalue weighted by Crippen LogP contribution is -2.41. The van der Waals surface area contributed by atoms with E-state index in [1.165, 1.54) is 19.6 Å². The summed E-state index contributed by atoms with van der Waals surface area (Å²) in [7, 11) is -7.81. The van der Waals surface area contributed by atoms with Gasteiger partial charge in [-0.2, -0.15) is 22.0 Å². The summed E-state index contributed by atoms with van der Waals surface area (Å²) >= 11 is 0. The van der Waals surface area contributed by atoms with Crippen LogP contribution in [0.25, 0.3) is 0 Å². The van der Waals surface area contributed by atoms with Gasteiger partial charge >= 0.3 is 12.1 Å². The first-order valence-corrected chi connectivity index (χ1v) is 9.14. The van der Waals surface area contributed by atoms with Gasteiger partial charge in [-0.3, -0.25) is 4.57 Å². The maximum Gasteiger partial charge on any atom is 0.455 e. The lowest BCUT2D eigenvalue weighted by Gasteiger charge is -2.31. The van der Waals surface area contributed by atoms with Gasteiger partial charge in [0.1, 0.15) is 6.61 Å². The Morgan fingerprint density at radius 1 is 1.18 bits per heavy atom. The molecule has 0 saturated heterocycles. The van der Waals surface area contributed by atoms with Crippen molar-refractivity contribution in [2.24, 2.45) is 0 Å². The van der Waals surface area contributed by atoms with Crippen LogP contribution in [0, 0.1) is 0 Å². The van der Waals surface area contributed by atoms with E-state index in [-0.39, 0.29) is 0 Å². The normalized spacial score (nSPS) is 17.9. The summed E-state index contributed by atoms with van der Waals surface area (Å²) < 4.78 is 78.6. The van der Waals surface area contributed by atoms with E-state index in [1.807, 2.05) is 0 Å². The summed E-state index contributed by atoms with van der Waals surface area (Å²) in [5, 5.41) is 0. The van der Waals surface area contributed by atoms with Crippen molar-refractivity contribution in [3.8, 4) is 0 Å². The van der Waals surface area contributed by atoms with Crippen LogP contribution in [0.2, 0.25) is 19.6 Å². The van der Waals surface area contributed by atoms with Crippen molar-refractivity contribution >= 4 is 16.1 Å².